The number of Topliss-reactive ketones (excluding diaryl/α,β-unsaturated/α-hetero) is 1. The van der Waals surface area contributed by atoms with Gasteiger partial charge in [0.25, 0.3) is 0 Å². The summed E-state index contributed by atoms with van der Waals surface area (Å²) in [5.41, 5.74) is 5.58. The van der Waals surface area contributed by atoms with E-state index in [0.717, 1.165) is 52.8 Å². The molecule has 0 saturated heterocycles. The minimum atomic E-state index is 0.0504. The van der Waals surface area contributed by atoms with Gasteiger partial charge in [0.15, 0.2) is 5.78 Å². The SMILES string of the molecule is O=C(C1=C(c2ccccc2)c2ccc(O)cc2CC1)c1cccc(OC2CCCC2)c1. The molecule has 1 fully saturated rings. The first kappa shape index (κ1) is 19.6. The Labute approximate surface area is 183 Å². The number of hydrogen-bond donors (Lipinski definition) is 1. The molecular weight excluding hydrogens is 384 g/mol. The van der Waals surface area contributed by atoms with Crippen LogP contribution >= 0.6 is 0 Å². The number of aromatic hydroxyl groups is 1. The number of aryl methyl sites for hydroxylation is 1. The second kappa shape index (κ2) is 8.43. The van der Waals surface area contributed by atoms with E-state index in [2.05, 4.69) is 0 Å². The van der Waals surface area contributed by atoms with Gasteiger partial charge in [-0.1, -0.05) is 48.5 Å². The summed E-state index contributed by atoms with van der Waals surface area (Å²) in [6.07, 6.45) is 6.25. The van der Waals surface area contributed by atoms with E-state index in [-0.39, 0.29) is 17.6 Å². The van der Waals surface area contributed by atoms with Crippen molar-refractivity contribution in [3.63, 3.8) is 0 Å². The van der Waals surface area contributed by atoms with Crippen molar-refractivity contribution >= 4 is 11.4 Å². The molecule has 2 aliphatic carbocycles. The third-order valence-corrected chi connectivity index (χ3v) is 6.34. The summed E-state index contributed by atoms with van der Waals surface area (Å²) >= 11 is 0. The third kappa shape index (κ3) is 4.00. The van der Waals surface area contributed by atoms with Gasteiger partial charge < -0.3 is 9.84 Å². The zero-order valence-corrected chi connectivity index (χ0v) is 17.5. The lowest BCUT2D eigenvalue weighted by molar-refractivity contribution is 0.103. The summed E-state index contributed by atoms with van der Waals surface area (Å²) in [7, 11) is 0. The summed E-state index contributed by atoms with van der Waals surface area (Å²) in [5, 5.41) is 9.95. The molecule has 0 spiro atoms. The van der Waals surface area contributed by atoms with Gasteiger partial charge in [0.05, 0.1) is 6.10 Å². The average molecular weight is 411 g/mol. The van der Waals surface area contributed by atoms with Crippen molar-refractivity contribution in [2.24, 2.45) is 0 Å². The smallest absolute Gasteiger partial charge is 0.189 e. The summed E-state index contributed by atoms with van der Waals surface area (Å²) < 4.78 is 6.14. The molecule has 31 heavy (non-hydrogen) atoms. The highest BCUT2D eigenvalue weighted by molar-refractivity contribution is 6.15. The first-order valence-electron chi connectivity index (χ1n) is 11.1. The molecule has 3 heteroatoms. The summed E-state index contributed by atoms with van der Waals surface area (Å²) in [5.74, 6) is 1.09. The van der Waals surface area contributed by atoms with Gasteiger partial charge in [-0.25, -0.2) is 0 Å². The average Bonchev–Trinajstić information content (AvgIpc) is 3.31. The van der Waals surface area contributed by atoms with Gasteiger partial charge in [0.2, 0.25) is 0 Å². The van der Waals surface area contributed by atoms with Crippen LogP contribution < -0.4 is 4.74 Å². The molecule has 1 N–H and O–H groups in total. The number of benzene rings is 3. The Bertz CT molecular complexity index is 1140. The Morgan fingerprint density at radius 2 is 1.68 bits per heavy atom. The molecule has 156 valence electrons. The van der Waals surface area contributed by atoms with E-state index < -0.39 is 0 Å². The van der Waals surface area contributed by atoms with Crippen LogP contribution in [0.1, 0.15) is 59.2 Å². The molecule has 3 aromatic rings. The lowest BCUT2D eigenvalue weighted by Crippen LogP contribution is -2.15. The molecule has 0 amide bonds. The Morgan fingerprint density at radius 3 is 2.48 bits per heavy atom. The number of carbonyl (C=O) groups excluding carboxylic acids is 1. The van der Waals surface area contributed by atoms with Crippen LogP contribution in [0.4, 0.5) is 0 Å². The maximum Gasteiger partial charge on any atom is 0.189 e. The Morgan fingerprint density at radius 1 is 0.871 bits per heavy atom. The van der Waals surface area contributed by atoms with Crippen molar-refractivity contribution in [3.05, 3.63) is 101 Å². The van der Waals surface area contributed by atoms with Gasteiger partial charge in [-0.15, -0.1) is 0 Å². The fraction of sp³-hybridized carbons (Fsp3) is 0.250. The Balaban J connectivity index is 1.56. The first-order valence-corrected chi connectivity index (χ1v) is 11.1. The molecule has 0 atom stereocenters. The van der Waals surface area contributed by atoms with Crippen LogP contribution in [0.3, 0.4) is 0 Å². The van der Waals surface area contributed by atoms with Crippen molar-refractivity contribution in [2.75, 3.05) is 0 Å². The summed E-state index contributed by atoms with van der Waals surface area (Å²) in [6, 6.07) is 23.1. The summed E-state index contributed by atoms with van der Waals surface area (Å²) in [6.45, 7) is 0. The normalized spacial score (nSPS) is 16.3. The molecule has 0 radical (unpaired) electrons. The number of phenolic OH excluding ortho intramolecular Hbond substituents is 1. The quantitative estimate of drug-likeness (QED) is 0.499. The molecule has 1 saturated carbocycles. The van der Waals surface area contributed by atoms with Crippen LogP contribution in [0.15, 0.2) is 78.4 Å². The van der Waals surface area contributed by atoms with Crippen LogP contribution in [0.25, 0.3) is 5.57 Å². The minimum absolute atomic E-state index is 0.0504. The lowest BCUT2D eigenvalue weighted by atomic mass is 9.79. The van der Waals surface area contributed by atoms with Crippen molar-refractivity contribution < 1.29 is 14.6 Å². The van der Waals surface area contributed by atoms with Gasteiger partial charge in [0, 0.05) is 11.1 Å². The maximum atomic E-state index is 13.7. The molecule has 3 nitrogen and oxygen atoms in total. The zero-order valence-electron chi connectivity index (χ0n) is 17.5. The van der Waals surface area contributed by atoms with Crippen LogP contribution in [0, 0.1) is 0 Å². The predicted molar refractivity (Wildman–Crippen MR) is 123 cm³/mol. The minimum Gasteiger partial charge on any atom is -0.508 e. The van der Waals surface area contributed by atoms with Gasteiger partial charge in [-0.05, 0) is 85.1 Å². The fourth-order valence-electron chi connectivity index (χ4n) is 4.82. The van der Waals surface area contributed by atoms with Gasteiger partial charge >= 0.3 is 0 Å². The number of carbonyl (C=O) groups is 1. The highest BCUT2D eigenvalue weighted by atomic mass is 16.5. The molecule has 0 heterocycles. The molecular formula is C28H26O3. The first-order chi connectivity index (χ1) is 15.2. The molecule has 0 bridgehead atoms. The van der Waals surface area contributed by atoms with Crippen LogP contribution in [0.2, 0.25) is 0 Å². The summed E-state index contributed by atoms with van der Waals surface area (Å²) in [4.78, 5) is 13.7. The van der Waals surface area contributed by atoms with Crippen LogP contribution in [-0.2, 0) is 6.42 Å². The van der Waals surface area contributed by atoms with Gasteiger partial charge in [-0.3, -0.25) is 4.79 Å². The van der Waals surface area contributed by atoms with E-state index in [4.69, 9.17) is 4.74 Å². The van der Waals surface area contributed by atoms with Crippen molar-refractivity contribution in [3.8, 4) is 11.5 Å². The second-order valence-electron chi connectivity index (χ2n) is 8.44. The van der Waals surface area contributed by atoms with Crippen LogP contribution in [0.5, 0.6) is 11.5 Å². The highest BCUT2D eigenvalue weighted by Crippen LogP contribution is 2.39. The number of fused-ring (bicyclic) bond motifs is 1. The monoisotopic (exact) mass is 410 g/mol. The van der Waals surface area contributed by atoms with E-state index >= 15 is 0 Å². The number of ether oxygens (including phenoxy) is 1. The van der Waals surface area contributed by atoms with E-state index in [0.29, 0.717) is 12.0 Å². The Kier molecular flexibility index (Phi) is 5.33. The number of allylic oxidation sites excluding steroid dienone is 1. The van der Waals surface area contributed by atoms with E-state index in [1.807, 2.05) is 66.7 Å². The largest absolute Gasteiger partial charge is 0.508 e. The van der Waals surface area contributed by atoms with Crippen LogP contribution in [-0.4, -0.2) is 17.0 Å². The zero-order chi connectivity index (χ0) is 21.2. The van der Waals surface area contributed by atoms with E-state index in [1.54, 1.807) is 6.07 Å². The second-order valence-corrected chi connectivity index (χ2v) is 8.44. The van der Waals surface area contributed by atoms with Crippen molar-refractivity contribution in [1.82, 2.24) is 0 Å². The number of rotatable bonds is 5. The third-order valence-electron chi connectivity index (χ3n) is 6.34. The molecule has 0 aromatic heterocycles. The van der Waals surface area contributed by atoms with Crippen molar-refractivity contribution in [1.29, 1.82) is 0 Å². The number of phenols is 1. The Hall–Kier alpha value is -3.33. The van der Waals surface area contributed by atoms with Crippen molar-refractivity contribution in [2.45, 2.75) is 44.6 Å². The number of ketones is 1. The van der Waals surface area contributed by atoms with Gasteiger partial charge in [0.1, 0.15) is 11.5 Å². The van der Waals surface area contributed by atoms with E-state index in [9.17, 15) is 9.90 Å². The molecule has 5 rings (SSSR count). The lowest BCUT2D eigenvalue weighted by Gasteiger charge is -2.24. The fourth-order valence-corrected chi connectivity index (χ4v) is 4.82. The maximum absolute atomic E-state index is 13.7. The topological polar surface area (TPSA) is 46.5 Å². The highest BCUT2D eigenvalue weighted by Gasteiger charge is 2.26. The standard InChI is InChI=1S/C28H26O3/c29-22-14-16-25-20(17-22)13-15-26(27(25)19-7-2-1-3-8-19)28(30)21-9-6-12-24(18-21)31-23-10-4-5-11-23/h1-3,6-9,12,14,16-18,23,29H,4-5,10-11,13,15H2. The molecule has 0 aliphatic heterocycles. The van der Waals surface area contributed by atoms with E-state index in [1.165, 1.54) is 12.8 Å². The predicted octanol–water partition coefficient (Wildman–Crippen LogP) is 6.34. The van der Waals surface area contributed by atoms with Gasteiger partial charge in [-0.2, -0.15) is 0 Å². The molecule has 0 unspecified atom stereocenters. The number of hydrogen-bond acceptors (Lipinski definition) is 3. The molecule has 3 aromatic carbocycles. The molecule has 2 aliphatic rings.